The summed E-state index contributed by atoms with van der Waals surface area (Å²) in [4.78, 5) is 22.6. The predicted octanol–water partition coefficient (Wildman–Crippen LogP) is 2.26. The number of carbonyl (C=O) groups is 2. The maximum atomic E-state index is 11.9. The first-order chi connectivity index (χ1) is 9.65. The summed E-state index contributed by atoms with van der Waals surface area (Å²) in [5.74, 6) is -1.13. The molecule has 1 aliphatic carbocycles. The highest BCUT2D eigenvalue weighted by Gasteiger charge is 2.39. The molecule has 2 N–H and O–H groups in total. The second-order valence-electron chi connectivity index (χ2n) is 4.84. The zero-order valence-electron chi connectivity index (χ0n) is 10.6. The zero-order valence-corrected chi connectivity index (χ0v) is 10.6. The summed E-state index contributed by atoms with van der Waals surface area (Å²) in [5, 5.41) is 11.6. The number of hydrogen-bond donors (Lipinski definition) is 2. The molecule has 0 aliphatic heterocycles. The molecule has 5 nitrogen and oxygen atoms in total. The molecule has 1 aliphatic rings. The van der Waals surface area contributed by atoms with Gasteiger partial charge in [-0.1, -0.05) is 30.3 Å². The summed E-state index contributed by atoms with van der Waals surface area (Å²) in [6.07, 6.45) is 1.96. The number of benzene rings is 1. The third kappa shape index (κ3) is 2.42. The molecule has 1 aromatic heterocycles. The number of rotatable bonds is 4. The Morgan fingerprint density at radius 2 is 2.00 bits per heavy atom. The van der Waals surface area contributed by atoms with Crippen molar-refractivity contribution < 1.29 is 19.1 Å². The van der Waals surface area contributed by atoms with Gasteiger partial charge in [-0.3, -0.25) is 4.79 Å². The lowest BCUT2D eigenvalue weighted by Crippen LogP contribution is -2.26. The molecule has 1 aromatic carbocycles. The van der Waals surface area contributed by atoms with E-state index in [1.807, 2.05) is 30.3 Å². The molecule has 5 heteroatoms. The molecule has 102 valence electrons. The van der Waals surface area contributed by atoms with Crippen LogP contribution in [0.25, 0.3) is 0 Å². The topological polar surface area (TPSA) is 79.5 Å². The summed E-state index contributed by atoms with van der Waals surface area (Å²) in [6, 6.07) is 11.3. The molecule has 2 unspecified atom stereocenters. The number of nitrogens with one attached hydrogen (secondary N) is 1. The molecule has 1 heterocycles. The number of aromatic carboxylic acids is 1. The van der Waals surface area contributed by atoms with E-state index in [9.17, 15) is 9.59 Å². The van der Waals surface area contributed by atoms with Crippen molar-refractivity contribution in [2.24, 2.45) is 0 Å². The first-order valence-corrected chi connectivity index (χ1v) is 6.33. The van der Waals surface area contributed by atoms with Crippen LogP contribution in [0.2, 0.25) is 0 Å². The van der Waals surface area contributed by atoms with E-state index in [1.54, 1.807) is 0 Å². The summed E-state index contributed by atoms with van der Waals surface area (Å²) in [6.45, 7) is 0. The molecule has 2 atom stereocenters. The van der Waals surface area contributed by atoms with Gasteiger partial charge in [-0.15, -0.1) is 0 Å². The summed E-state index contributed by atoms with van der Waals surface area (Å²) in [7, 11) is 0. The average Bonchev–Trinajstić information content (AvgIpc) is 3.02. The minimum absolute atomic E-state index is 0.0226. The van der Waals surface area contributed by atoms with Gasteiger partial charge in [-0.05, 0) is 12.0 Å². The molecule has 1 amide bonds. The van der Waals surface area contributed by atoms with Crippen molar-refractivity contribution in [1.82, 2.24) is 5.32 Å². The fourth-order valence-corrected chi connectivity index (χ4v) is 2.23. The number of hydrogen-bond acceptors (Lipinski definition) is 3. The van der Waals surface area contributed by atoms with Crippen LogP contribution in [-0.4, -0.2) is 23.0 Å². The second-order valence-corrected chi connectivity index (χ2v) is 4.84. The van der Waals surface area contributed by atoms with Crippen molar-refractivity contribution in [1.29, 1.82) is 0 Å². The van der Waals surface area contributed by atoms with Crippen molar-refractivity contribution in [3.63, 3.8) is 0 Å². The van der Waals surface area contributed by atoms with E-state index in [1.165, 1.54) is 11.6 Å². The number of amides is 1. The van der Waals surface area contributed by atoms with Gasteiger partial charge in [0.2, 0.25) is 0 Å². The van der Waals surface area contributed by atoms with E-state index in [0.717, 1.165) is 12.7 Å². The summed E-state index contributed by atoms with van der Waals surface area (Å²) < 4.78 is 4.96. The van der Waals surface area contributed by atoms with Crippen molar-refractivity contribution in [3.8, 4) is 0 Å². The van der Waals surface area contributed by atoms with Crippen LogP contribution in [0.4, 0.5) is 0 Å². The zero-order chi connectivity index (χ0) is 14.1. The van der Waals surface area contributed by atoms with Crippen LogP contribution in [-0.2, 0) is 0 Å². The Kier molecular flexibility index (Phi) is 3.02. The molecule has 0 spiro atoms. The normalized spacial score (nSPS) is 20.4. The molecule has 2 aromatic rings. The van der Waals surface area contributed by atoms with Gasteiger partial charge in [0.05, 0.1) is 5.56 Å². The Labute approximate surface area is 115 Å². The second kappa shape index (κ2) is 4.85. The Morgan fingerprint density at radius 1 is 1.25 bits per heavy atom. The first kappa shape index (κ1) is 12.5. The first-order valence-electron chi connectivity index (χ1n) is 6.33. The minimum atomic E-state index is -1.11. The summed E-state index contributed by atoms with van der Waals surface area (Å²) in [5.41, 5.74) is 1.18. The highest BCUT2D eigenvalue weighted by molar-refractivity contribution is 5.95. The van der Waals surface area contributed by atoms with Crippen molar-refractivity contribution in [2.75, 3.05) is 0 Å². The highest BCUT2D eigenvalue weighted by atomic mass is 16.4. The Balaban J connectivity index is 1.62. The van der Waals surface area contributed by atoms with Crippen LogP contribution in [0.15, 0.2) is 47.1 Å². The molecule has 0 radical (unpaired) electrons. The quantitative estimate of drug-likeness (QED) is 0.894. The van der Waals surface area contributed by atoms with Gasteiger partial charge >= 0.3 is 5.97 Å². The van der Waals surface area contributed by atoms with Crippen molar-refractivity contribution in [3.05, 3.63) is 59.5 Å². The molecule has 0 saturated heterocycles. The SMILES string of the molecule is O=C(O)c1coc(C(=O)NC2CC2c2ccccc2)c1. The number of furan rings is 1. The smallest absolute Gasteiger partial charge is 0.338 e. The molecular formula is C15H13NO4. The fraction of sp³-hybridized carbons (Fsp3) is 0.200. The predicted molar refractivity (Wildman–Crippen MR) is 70.7 cm³/mol. The summed E-state index contributed by atoms with van der Waals surface area (Å²) >= 11 is 0. The number of carbonyl (C=O) groups excluding carboxylic acids is 1. The average molecular weight is 271 g/mol. The van der Waals surface area contributed by atoms with Gasteiger partial charge in [0.15, 0.2) is 5.76 Å². The van der Waals surface area contributed by atoms with Crippen molar-refractivity contribution in [2.45, 2.75) is 18.4 Å². The van der Waals surface area contributed by atoms with Gasteiger partial charge in [-0.25, -0.2) is 4.79 Å². The molecule has 0 bridgehead atoms. The third-order valence-corrected chi connectivity index (χ3v) is 3.40. The maximum absolute atomic E-state index is 11.9. The Bertz CT molecular complexity index is 647. The van der Waals surface area contributed by atoms with Crippen molar-refractivity contribution >= 4 is 11.9 Å². The van der Waals surface area contributed by atoms with E-state index in [4.69, 9.17) is 9.52 Å². The largest absolute Gasteiger partial charge is 0.478 e. The van der Waals surface area contributed by atoms with E-state index in [-0.39, 0.29) is 23.3 Å². The van der Waals surface area contributed by atoms with Crippen LogP contribution in [0.3, 0.4) is 0 Å². The fourth-order valence-electron chi connectivity index (χ4n) is 2.23. The van der Waals surface area contributed by atoms with Crippen LogP contribution in [0, 0.1) is 0 Å². The molecule has 1 saturated carbocycles. The molecule has 3 rings (SSSR count). The van der Waals surface area contributed by atoms with E-state index >= 15 is 0 Å². The van der Waals surface area contributed by atoms with Gasteiger partial charge < -0.3 is 14.8 Å². The van der Waals surface area contributed by atoms with Gasteiger partial charge in [-0.2, -0.15) is 0 Å². The third-order valence-electron chi connectivity index (χ3n) is 3.40. The van der Waals surface area contributed by atoms with Gasteiger partial charge in [0.1, 0.15) is 6.26 Å². The highest BCUT2D eigenvalue weighted by Crippen LogP contribution is 2.40. The Hall–Kier alpha value is -2.56. The number of carboxylic acid groups (broad SMARTS) is 1. The van der Waals surface area contributed by atoms with Crippen LogP contribution in [0.1, 0.15) is 38.8 Å². The number of carboxylic acids is 1. The minimum Gasteiger partial charge on any atom is -0.478 e. The van der Waals surface area contributed by atoms with Crippen LogP contribution >= 0.6 is 0 Å². The molecular weight excluding hydrogens is 258 g/mol. The lowest BCUT2D eigenvalue weighted by molar-refractivity contribution is 0.0696. The maximum Gasteiger partial charge on any atom is 0.338 e. The Morgan fingerprint density at radius 3 is 2.65 bits per heavy atom. The van der Waals surface area contributed by atoms with Gasteiger partial charge in [0.25, 0.3) is 5.91 Å². The van der Waals surface area contributed by atoms with E-state index < -0.39 is 5.97 Å². The molecule has 20 heavy (non-hydrogen) atoms. The monoisotopic (exact) mass is 271 g/mol. The van der Waals surface area contributed by atoms with Crippen LogP contribution in [0.5, 0.6) is 0 Å². The standard InChI is InChI=1S/C15H13NO4/c17-14(13-6-10(8-20-13)15(18)19)16-12-7-11(12)9-4-2-1-3-5-9/h1-6,8,11-12H,7H2,(H,16,17)(H,18,19). The van der Waals surface area contributed by atoms with Crippen LogP contribution < -0.4 is 5.32 Å². The lowest BCUT2D eigenvalue weighted by Gasteiger charge is -2.02. The van der Waals surface area contributed by atoms with E-state index in [2.05, 4.69) is 5.32 Å². The van der Waals surface area contributed by atoms with Gasteiger partial charge in [0, 0.05) is 18.0 Å². The van der Waals surface area contributed by atoms with E-state index in [0.29, 0.717) is 5.92 Å². The molecule has 1 fully saturated rings. The lowest BCUT2D eigenvalue weighted by atomic mass is 10.1.